The van der Waals surface area contributed by atoms with Crippen LogP contribution in [0.15, 0.2) is 22.1 Å². The second-order valence-electron chi connectivity index (χ2n) is 6.21. The molecule has 9 heteroatoms. The summed E-state index contributed by atoms with van der Waals surface area (Å²) in [4.78, 5) is 25.7. The normalized spacial score (nSPS) is 15.9. The van der Waals surface area contributed by atoms with Crippen molar-refractivity contribution in [2.45, 2.75) is 32.7 Å². The minimum Gasteiger partial charge on any atom is -0.493 e. The van der Waals surface area contributed by atoms with Gasteiger partial charge in [0.2, 0.25) is 5.88 Å². The topological polar surface area (TPSA) is 98.9 Å². The van der Waals surface area contributed by atoms with Crippen molar-refractivity contribution in [3.63, 3.8) is 0 Å². The van der Waals surface area contributed by atoms with Crippen LogP contribution in [0.5, 0.6) is 5.88 Å². The molecule has 0 unspecified atom stereocenters. The van der Waals surface area contributed by atoms with Crippen molar-refractivity contribution in [3.8, 4) is 5.88 Å². The molecular weight excluding hydrogens is 352 g/mol. The van der Waals surface area contributed by atoms with Crippen LogP contribution in [0, 0.1) is 0 Å². The number of fused-ring (bicyclic) bond motifs is 1. The van der Waals surface area contributed by atoms with Crippen LogP contribution in [0.25, 0.3) is 11.7 Å². The van der Waals surface area contributed by atoms with Gasteiger partial charge in [0.15, 0.2) is 11.1 Å². The minimum absolute atomic E-state index is 0.137. The molecule has 0 spiro atoms. The van der Waals surface area contributed by atoms with Gasteiger partial charge in [0, 0.05) is 24.4 Å². The van der Waals surface area contributed by atoms with Gasteiger partial charge in [0.1, 0.15) is 5.82 Å². The molecule has 1 fully saturated rings. The number of H-pyrrole nitrogens is 1. The first kappa shape index (κ1) is 16.8. The van der Waals surface area contributed by atoms with Crippen molar-refractivity contribution >= 4 is 28.9 Å². The average Bonchev–Trinajstić information content (AvgIpc) is 3.25. The number of hydrogen-bond acceptors (Lipinski definition) is 7. The Balaban J connectivity index is 1.97. The SMILES string of the molecule is CCN(CC)c1cc(=NC2CC2)n2nc/c(=C/c3sc(=O)[nH]c3O)c2n1. The molecule has 0 amide bonds. The smallest absolute Gasteiger partial charge is 0.307 e. The summed E-state index contributed by atoms with van der Waals surface area (Å²) < 4.78 is 1.73. The molecule has 3 heterocycles. The van der Waals surface area contributed by atoms with Crippen molar-refractivity contribution in [1.82, 2.24) is 19.6 Å². The van der Waals surface area contributed by atoms with Crippen molar-refractivity contribution in [2.75, 3.05) is 18.0 Å². The van der Waals surface area contributed by atoms with E-state index >= 15 is 0 Å². The number of thiazole rings is 1. The van der Waals surface area contributed by atoms with Crippen LogP contribution in [0.1, 0.15) is 31.6 Å². The standard InChI is InChI=1S/C17H20N6O2S/c1-3-22(4-2)13-8-14(19-11-5-6-11)23-15(20-13)10(9-18-23)7-12-16(24)21-17(25)26-12/h7-9,11,24H,3-6H2,1-2H3,(H,21,25)/b10-7-,19-14?. The van der Waals surface area contributed by atoms with Crippen molar-refractivity contribution < 1.29 is 5.11 Å². The molecule has 1 aliphatic rings. The van der Waals surface area contributed by atoms with E-state index in [0.29, 0.717) is 16.6 Å². The molecular formula is C17H20N6O2S. The van der Waals surface area contributed by atoms with E-state index in [2.05, 4.69) is 28.8 Å². The summed E-state index contributed by atoms with van der Waals surface area (Å²) in [5.74, 6) is 0.714. The Labute approximate surface area is 153 Å². The van der Waals surface area contributed by atoms with Gasteiger partial charge in [-0.1, -0.05) is 11.3 Å². The zero-order valence-corrected chi connectivity index (χ0v) is 15.5. The molecule has 0 bridgehead atoms. The van der Waals surface area contributed by atoms with Crippen LogP contribution in [0.2, 0.25) is 0 Å². The number of aromatic hydroxyl groups is 1. The monoisotopic (exact) mass is 372 g/mol. The molecule has 3 aromatic rings. The highest BCUT2D eigenvalue weighted by Gasteiger charge is 2.20. The lowest BCUT2D eigenvalue weighted by atomic mass is 10.3. The molecule has 1 saturated carbocycles. The molecule has 0 saturated heterocycles. The number of nitrogens with zero attached hydrogens (tertiary/aromatic N) is 5. The summed E-state index contributed by atoms with van der Waals surface area (Å²) in [6.45, 7) is 5.86. The third-order valence-electron chi connectivity index (χ3n) is 4.36. The third kappa shape index (κ3) is 3.10. The number of hydrogen-bond donors (Lipinski definition) is 2. The lowest BCUT2D eigenvalue weighted by molar-refractivity contribution is 0.455. The summed E-state index contributed by atoms with van der Waals surface area (Å²) >= 11 is 0.950. The van der Waals surface area contributed by atoms with E-state index in [1.807, 2.05) is 6.07 Å². The van der Waals surface area contributed by atoms with Gasteiger partial charge in [-0.15, -0.1) is 0 Å². The van der Waals surface area contributed by atoms with Gasteiger partial charge < -0.3 is 10.0 Å². The van der Waals surface area contributed by atoms with E-state index in [-0.39, 0.29) is 10.8 Å². The van der Waals surface area contributed by atoms with Gasteiger partial charge in [0.05, 0.1) is 17.1 Å². The zero-order chi connectivity index (χ0) is 18.3. The van der Waals surface area contributed by atoms with Crippen LogP contribution in [0.4, 0.5) is 5.82 Å². The van der Waals surface area contributed by atoms with Gasteiger partial charge in [-0.05, 0) is 32.8 Å². The predicted octanol–water partition coefficient (Wildman–Crippen LogP) is 0.642. The lowest BCUT2D eigenvalue weighted by Crippen LogP contribution is -2.27. The maximum atomic E-state index is 11.4. The molecule has 2 N–H and O–H groups in total. The molecule has 0 radical (unpaired) electrons. The van der Waals surface area contributed by atoms with E-state index in [4.69, 9.17) is 9.98 Å². The van der Waals surface area contributed by atoms with Gasteiger partial charge >= 0.3 is 4.87 Å². The van der Waals surface area contributed by atoms with Gasteiger partial charge in [-0.25, -0.2) is 4.98 Å². The second-order valence-corrected chi connectivity index (χ2v) is 7.23. The van der Waals surface area contributed by atoms with Crippen LogP contribution in [0.3, 0.4) is 0 Å². The van der Waals surface area contributed by atoms with Gasteiger partial charge in [0.25, 0.3) is 0 Å². The Morgan fingerprint density at radius 3 is 2.85 bits per heavy atom. The molecule has 0 atom stereocenters. The predicted molar refractivity (Wildman–Crippen MR) is 101 cm³/mol. The van der Waals surface area contributed by atoms with E-state index in [0.717, 1.165) is 53.8 Å². The van der Waals surface area contributed by atoms with Crippen LogP contribution < -0.4 is 20.5 Å². The van der Waals surface area contributed by atoms with Crippen molar-refractivity contribution in [1.29, 1.82) is 0 Å². The number of anilines is 1. The third-order valence-corrected chi connectivity index (χ3v) is 5.18. The summed E-state index contributed by atoms with van der Waals surface area (Å²) in [5, 5.41) is 15.0. The first-order chi connectivity index (χ1) is 12.6. The molecule has 3 aromatic heterocycles. The second kappa shape index (κ2) is 6.56. The fraction of sp³-hybridized carbons (Fsp3) is 0.412. The highest BCUT2D eigenvalue weighted by molar-refractivity contribution is 7.10. The fourth-order valence-electron chi connectivity index (χ4n) is 2.82. The number of aromatic amines is 1. The molecule has 0 aliphatic heterocycles. The summed E-state index contributed by atoms with van der Waals surface area (Å²) in [5.41, 5.74) is 1.44. The first-order valence-corrected chi connectivity index (χ1v) is 9.52. The van der Waals surface area contributed by atoms with Crippen LogP contribution >= 0.6 is 11.3 Å². The van der Waals surface area contributed by atoms with E-state index in [1.165, 1.54) is 0 Å². The molecule has 26 heavy (non-hydrogen) atoms. The average molecular weight is 372 g/mol. The Bertz CT molecular complexity index is 1120. The van der Waals surface area contributed by atoms with Crippen molar-refractivity contribution in [3.05, 3.63) is 37.5 Å². The van der Waals surface area contributed by atoms with Gasteiger partial charge in [-0.2, -0.15) is 9.61 Å². The van der Waals surface area contributed by atoms with Gasteiger partial charge in [-0.3, -0.25) is 14.8 Å². The molecule has 8 nitrogen and oxygen atoms in total. The van der Waals surface area contributed by atoms with E-state index in [9.17, 15) is 9.90 Å². The maximum absolute atomic E-state index is 11.4. The number of nitrogens with one attached hydrogen (secondary N) is 1. The minimum atomic E-state index is -0.300. The highest BCUT2D eigenvalue weighted by atomic mass is 32.1. The molecule has 136 valence electrons. The molecule has 4 rings (SSSR count). The number of aromatic nitrogens is 4. The largest absolute Gasteiger partial charge is 0.493 e. The van der Waals surface area contributed by atoms with Crippen LogP contribution in [-0.2, 0) is 0 Å². The lowest BCUT2D eigenvalue weighted by Gasteiger charge is -2.19. The van der Waals surface area contributed by atoms with Crippen molar-refractivity contribution in [2.24, 2.45) is 4.99 Å². The number of rotatable bonds is 5. The Morgan fingerprint density at radius 2 is 2.23 bits per heavy atom. The molecule has 0 aromatic carbocycles. The zero-order valence-electron chi connectivity index (χ0n) is 14.6. The molecule has 1 aliphatic carbocycles. The summed E-state index contributed by atoms with van der Waals surface area (Å²) in [7, 11) is 0. The quantitative estimate of drug-likeness (QED) is 0.685. The van der Waals surface area contributed by atoms with Crippen LogP contribution in [-0.4, -0.2) is 43.8 Å². The van der Waals surface area contributed by atoms with E-state index in [1.54, 1.807) is 16.8 Å². The summed E-state index contributed by atoms with van der Waals surface area (Å²) in [6.07, 6.45) is 5.62. The highest BCUT2D eigenvalue weighted by Crippen LogP contribution is 2.22. The summed E-state index contributed by atoms with van der Waals surface area (Å²) in [6, 6.07) is 2.34. The first-order valence-electron chi connectivity index (χ1n) is 8.70. The van der Waals surface area contributed by atoms with E-state index < -0.39 is 0 Å². The fourth-order valence-corrected chi connectivity index (χ4v) is 3.50. The maximum Gasteiger partial charge on any atom is 0.307 e. The Kier molecular flexibility index (Phi) is 4.23. The Hall–Kier alpha value is -2.68. The Morgan fingerprint density at radius 1 is 1.46 bits per heavy atom.